The van der Waals surface area contributed by atoms with Crippen molar-refractivity contribution in [3.05, 3.63) is 35.9 Å². The highest BCUT2D eigenvalue weighted by Gasteiger charge is 2.24. The van der Waals surface area contributed by atoms with Crippen LogP contribution in [-0.4, -0.2) is 73.7 Å². The third-order valence-electron chi connectivity index (χ3n) is 4.94. The summed E-state index contributed by atoms with van der Waals surface area (Å²) in [6, 6.07) is 9.95. The molecule has 7 nitrogen and oxygen atoms in total. The largest absolute Gasteiger partial charge is 0.450 e. The molecule has 28 heavy (non-hydrogen) atoms. The van der Waals surface area contributed by atoms with Gasteiger partial charge in [0, 0.05) is 45.8 Å². The van der Waals surface area contributed by atoms with Crippen LogP contribution in [0.15, 0.2) is 30.3 Å². The van der Waals surface area contributed by atoms with Gasteiger partial charge in [-0.3, -0.25) is 14.6 Å². The van der Waals surface area contributed by atoms with Gasteiger partial charge in [0.25, 0.3) is 0 Å². The summed E-state index contributed by atoms with van der Waals surface area (Å²) >= 11 is 0. The first-order chi connectivity index (χ1) is 13.5. The predicted octanol–water partition coefficient (Wildman–Crippen LogP) is 1.69. The number of hydrogen-bond acceptors (Lipinski definition) is 5. The number of piperazine rings is 1. The highest BCUT2D eigenvalue weighted by molar-refractivity contribution is 5.85. The smallest absolute Gasteiger partial charge is 0.407 e. The van der Waals surface area contributed by atoms with Crippen molar-refractivity contribution in [1.29, 1.82) is 0 Å². The Morgan fingerprint density at radius 1 is 1.07 bits per heavy atom. The summed E-state index contributed by atoms with van der Waals surface area (Å²) in [5.41, 5.74) is 1.34. The first-order valence-electron chi connectivity index (χ1n) is 10.2. The van der Waals surface area contributed by atoms with E-state index in [2.05, 4.69) is 44.7 Å². The van der Waals surface area contributed by atoms with Crippen molar-refractivity contribution in [2.45, 2.75) is 33.4 Å². The summed E-state index contributed by atoms with van der Waals surface area (Å²) in [6.45, 7) is 12.3. The second kappa shape index (κ2) is 11.7. The average molecular weight is 391 g/mol. The van der Waals surface area contributed by atoms with Crippen molar-refractivity contribution >= 4 is 12.0 Å². The third-order valence-corrected chi connectivity index (χ3v) is 4.94. The molecule has 0 aromatic heterocycles. The molecule has 1 heterocycles. The zero-order valence-electron chi connectivity index (χ0n) is 17.3. The minimum Gasteiger partial charge on any atom is -0.450 e. The molecule has 2 N–H and O–H groups in total. The van der Waals surface area contributed by atoms with E-state index >= 15 is 0 Å². The van der Waals surface area contributed by atoms with Gasteiger partial charge in [-0.1, -0.05) is 44.2 Å². The van der Waals surface area contributed by atoms with Gasteiger partial charge in [-0.15, -0.1) is 0 Å². The number of rotatable bonds is 9. The van der Waals surface area contributed by atoms with E-state index in [0.29, 0.717) is 6.54 Å². The minimum atomic E-state index is -0.582. The zero-order valence-corrected chi connectivity index (χ0v) is 17.3. The molecule has 2 amide bonds. The number of ether oxygens (including phenoxy) is 1. The fourth-order valence-corrected chi connectivity index (χ4v) is 3.29. The Balaban J connectivity index is 1.67. The monoisotopic (exact) mass is 390 g/mol. The van der Waals surface area contributed by atoms with Crippen LogP contribution in [0.1, 0.15) is 26.3 Å². The van der Waals surface area contributed by atoms with Crippen molar-refractivity contribution in [2.75, 3.05) is 45.9 Å². The summed E-state index contributed by atoms with van der Waals surface area (Å²) in [5, 5.41) is 5.59. The highest BCUT2D eigenvalue weighted by atomic mass is 16.5. The molecule has 0 radical (unpaired) electrons. The number of amides is 2. The average Bonchev–Trinajstić information content (AvgIpc) is 2.68. The van der Waals surface area contributed by atoms with Crippen molar-refractivity contribution < 1.29 is 14.3 Å². The maximum atomic E-state index is 12.4. The van der Waals surface area contributed by atoms with E-state index in [-0.39, 0.29) is 18.4 Å². The number of benzene rings is 1. The molecule has 1 atom stereocenters. The lowest BCUT2D eigenvalue weighted by atomic mass is 10.0. The van der Waals surface area contributed by atoms with Gasteiger partial charge in [-0.2, -0.15) is 0 Å². The standard InChI is InChI=1S/C21H34N4O3/c1-4-28-21(27)23-19(17(2)3)20(26)22-10-11-24-12-14-25(15-13-24)16-18-8-6-5-7-9-18/h5-9,17,19H,4,10-16H2,1-3H3,(H,22,26)(H,23,27). The van der Waals surface area contributed by atoms with Crippen LogP contribution in [0.3, 0.4) is 0 Å². The number of carbonyl (C=O) groups excluding carboxylic acids is 2. The topological polar surface area (TPSA) is 73.9 Å². The van der Waals surface area contributed by atoms with Crippen molar-refractivity contribution in [3.63, 3.8) is 0 Å². The predicted molar refractivity (Wildman–Crippen MR) is 110 cm³/mol. The summed E-state index contributed by atoms with van der Waals surface area (Å²) in [4.78, 5) is 28.9. The third kappa shape index (κ3) is 7.48. The Hall–Kier alpha value is -2.12. The summed E-state index contributed by atoms with van der Waals surface area (Å²) in [6.07, 6.45) is -0.550. The van der Waals surface area contributed by atoms with E-state index in [9.17, 15) is 9.59 Å². The number of alkyl carbamates (subject to hydrolysis) is 1. The lowest BCUT2D eigenvalue weighted by Crippen LogP contribution is -2.52. The van der Waals surface area contributed by atoms with E-state index in [1.54, 1.807) is 6.92 Å². The number of nitrogens with one attached hydrogen (secondary N) is 2. The van der Waals surface area contributed by atoms with E-state index in [4.69, 9.17) is 4.74 Å². The van der Waals surface area contributed by atoms with Crippen LogP contribution in [-0.2, 0) is 16.1 Å². The number of nitrogens with zero attached hydrogens (tertiary/aromatic N) is 2. The molecule has 0 bridgehead atoms. The molecule has 1 aromatic carbocycles. The Morgan fingerprint density at radius 2 is 1.71 bits per heavy atom. The van der Waals surface area contributed by atoms with Crippen molar-refractivity contribution in [1.82, 2.24) is 20.4 Å². The fraction of sp³-hybridized carbons (Fsp3) is 0.619. The molecule has 2 rings (SSSR count). The van der Waals surface area contributed by atoms with Crippen LogP contribution < -0.4 is 10.6 Å². The first-order valence-corrected chi connectivity index (χ1v) is 10.2. The van der Waals surface area contributed by atoms with Crippen LogP contribution in [0, 0.1) is 5.92 Å². The van der Waals surface area contributed by atoms with Crippen LogP contribution in [0.2, 0.25) is 0 Å². The van der Waals surface area contributed by atoms with Gasteiger partial charge in [0.05, 0.1) is 6.61 Å². The molecule has 0 spiro atoms. The quantitative estimate of drug-likeness (QED) is 0.671. The summed E-state index contributed by atoms with van der Waals surface area (Å²) < 4.78 is 4.88. The zero-order chi connectivity index (χ0) is 20.4. The normalized spacial score (nSPS) is 16.6. The van der Waals surface area contributed by atoms with E-state index in [1.807, 2.05) is 19.9 Å². The first kappa shape index (κ1) is 22.2. The SMILES string of the molecule is CCOC(=O)NC(C(=O)NCCN1CCN(Cc2ccccc2)CC1)C(C)C. The molecule has 156 valence electrons. The molecule has 0 saturated carbocycles. The Kier molecular flexibility index (Phi) is 9.23. The second-order valence-electron chi connectivity index (χ2n) is 7.48. The van der Waals surface area contributed by atoms with Crippen LogP contribution >= 0.6 is 0 Å². The molecular formula is C21H34N4O3. The van der Waals surface area contributed by atoms with Gasteiger partial charge in [0.15, 0.2) is 0 Å². The van der Waals surface area contributed by atoms with E-state index < -0.39 is 12.1 Å². The molecule has 1 unspecified atom stereocenters. The Labute approximate surface area is 168 Å². The maximum absolute atomic E-state index is 12.4. The number of carbonyl (C=O) groups is 2. The van der Waals surface area contributed by atoms with Gasteiger partial charge in [-0.25, -0.2) is 4.79 Å². The molecule has 1 aliphatic heterocycles. The van der Waals surface area contributed by atoms with Gasteiger partial charge >= 0.3 is 6.09 Å². The molecule has 1 fully saturated rings. The Morgan fingerprint density at radius 3 is 2.32 bits per heavy atom. The van der Waals surface area contributed by atoms with Gasteiger partial charge < -0.3 is 15.4 Å². The summed E-state index contributed by atoms with van der Waals surface area (Å²) in [7, 11) is 0. The Bertz CT molecular complexity index is 601. The van der Waals surface area contributed by atoms with Crippen LogP contribution in [0.4, 0.5) is 4.79 Å². The van der Waals surface area contributed by atoms with E-state index in [1.165, 1.54) is 5.56 Å². The maximum Gasteiger partial charge on any atom is 0.407 e. The molecular weight excluding hydrogens is 356 g/mol. The van der Waals surface area contributed by atoms with E-state index in [0.717, 1.165) is 39.3 Å². The van der Waals surface area contributed by atoms with Crippen molar-refractivity contribution in [2.24, 2.45) is 5.92 Å². The van der Waals surface area contributed by atoms with Crippen LogP contribution in [0.25, 0.3) is 0 Å². The second-order valence-corrected chi connectivity index (χ2v) is 7.48. The minimum absolute atomic E-state index is 0.00839. The number of hydrogen-bond donors (Lipinski definition) is 2. The lowest BCUT2D eigenvalue weighted by molar-refractivity contribution is -0.124. The highest BCUT2D eigenvalue weighted by Crippen LogP contribution is 2.08. The van der Waals surface area contributed by atoms with Crippen LogP contribution in [0.5, 0.6) is 0 Å². The van der Waals surface area contributed by atoms with Gasteiger partial charge in [0.1, 0.15) is 6.04 Å². The lowest BCUT2D eigenvalue weighted by Gasteiger charge is -2.34. The fourth-order valence-electron chi connectivity index (χ4n) is 3.29. The molecule has 0 aliphatic carbocycles. The van der Waals surface area contributed by atoms with Gasteiger partial charge in [0.2, 0.25) is 5.91 Å². The van der Waals surface area contributed by atoms with Gasteiger partial charge in [-0.05, 0) is 18.4 Å². The summed E-state index contributed by atoms with van der Waals surface area (Å²) in [5.74, 6) is -0.170. The molecule has 1 saturated heterocycles. The molecule has 1 aliphatic rings. The molecule has 7 heteroatoms. The molecule has 1 aromatic rings. The van der Waals surface area contributed by atoms with Crippen molar-refractivity contribution in [3.8, 4) is 0 Å².